The van der Waals surface area contributed by atoms with Gasteiger partial charge in [-0.15, -0.1) is 0 Å². The van der Waals surface area contributed by atoms with E-state index < -0.39 is 24.5 Å². The quantitative estimate of drug-likeness (QED) is 0.292. The molecule has 13 heteroatoms. The van der Waals surface area contributed by atoms with Gasteiger partial charge in [-0.1, -0.05) is 0 Å². The zero-order valence-corrected chi connectivity index (χ0v) is 21.0. The average molecular weight is 515 g/mol. The smallest absolute Gasteiger partial charge is 0.254 e. The number of carbonyl (C=O) groups excluding carboxylic acids is 1. The number of hydrogen-bond donors (Lipinski definition) is 4. The van der Waals surface area contributed by atoms with Crippen LogP contribution in [0, 0.1) is 0 Å². The number of hydrogen-bond acceptors (Lipinski definition) is 10. The van der Waals surface area contributed by atoms with E-state index in [1.54, 1.807) is 40.7 Å². The molecule has 13 nitrogen and oxygen atoms in total. The van der Waals surface area contributed by atoms with Crippen LogP contribution in [0.15, 0.2) is 24.8 Å². The van der Waals surface area contributed by atoms with Crippen molar-refractivity contribution < 1.29 is 24.5 Å². The number of amides is 1. The molecule has 3 aromatic rings. The predicted octanol–water partition coefficient (Wildman–Crippen LogP) is -0.350. The van der Waals surface area contributed by atoms with Gasteiger partial charge in [-0.05, 0) is 38.4 Å². The van der Waals surface area contributed by atoms with Gasteiger partial charge in [0.1, 0.15) is 30.0 Å². The number of aliphatic hydroxyl groups is 2. The number of ether oxygens (including phenoxy) is 2. The lowest BCUT2D eigenvalue weighted by Crippen LogP contribution is -2.52. The number of nitrogens with two attached hydrogens (primary N) is 1. The highest BCUT2D eigenvalue weighted by Crippen LogP contribution is 2.38. The number of aromatic nitrogens is 5. The molecule has 200 valence electrons. The van der Waals surface area contributed by atoms with Gasteiger partial charge in [-0.25, -0.2) is 9.97 Å². The first-order chi connectivity index (χ1) is 17.9. The Morgan fingerprint density at radius 2 is 2.08 bits per heavy atom. The first-order valence-electron chi connectivity index (χ1n) is 12.5. The number of nitrogens with zero attached hydrogens (tertiary/aromatic N) is 6. The molecule has 5 heterocycles. The second kappa shape index (κ2) is 10.7. The number of methoxy groups -OCH3 is 1. The van der Waals surface area contributed by atoms with Crippen LogP contribution in [0.5, 0.6) is 0 Å². The van der Waals surface area contributed by atoms with Gasteiger partial charge in [-0.2, -0.15) is 5.10 Å². The summed E-state index contributed by atoms with van der Waals surface area (Å²) in [6, 6.07) is 1.85. The summed E-state index contributed by atoms with van der Waals surface area (Å²) in [6.07, 6.45) is 2.03. The number of nitrogen functional groups attached to an aromatic ring is 1. The molecule has 0 bridgehead atoms. The van der Waals surface area contributed by atoms with Crippen LogP contribution in [0.4, 0.5) is 5.82 Å². The third kappa shape index (κ3) is 4.80. The molecule has 3 aromatic heterocycles. The Labute approximate surface area is 214 Å². The standard InChI is InChI=1S/C24H34N8O5/c1-30-10-6-16(29-30)15-12-32(22-17(15)21(25)27-13-28-22)24-19(34)18(33)20(37-24)23(35)31(9-3-11-36-2)14-4-7-26-8-5-14/h6,10,12-14,18-20,24,26,33-34H,3-5,7-9,11H2,1-2H3,(H2,25,27,28)/t18-,19+,20-,24+/m0/s1. The van der Waals surface area contributed by atoms with E-state index in [2.05, 4.69) is 20.4 Å². The monoisotopic (exact) mass is 514 g/mol. The number of rotatable bonds is 8. The molecule has 0 radical (unpaired) electrons. The van der Waals surface area contributed by atoms with E-state index in [1.165, 1.54) is 6.33 Å². The van der Waals surface area contributed by atoms with Crippen LogP contribution in [0.25, 0.3) is 22.3 Å². The van der Waals surface area contributed by atoms with E-state index in [0.717, 1.165) is 25.9 Å². The summed E-state index contributed by atoms with van der Waals surface area (Å²) in [5, 5.41) is 30.4. The third-order valence-electron chi connectivity index (χ3n) is 7.16. The number of aliphatic hydroxyl groups excluding tert-OH is 2. The lowest BCUT2D eigenvalue weighted by Gasteiger charge is -2.36. The molecule has 1 amide bonds. The van der Waals surface area contributed by atoms with Crippen molar-refractivity contribution >= 4 is 22.8 Å². The third-order valence-corrected chi connectivity index (χ3v) is 7.16. The molecule has 0 saturated carbocycles. The van der Waals surface area contributed by atoms with Crippen molar-refractivity contribution in [3.05, 3.63) is 24.8 Å². The summed E-state index contributed by atoms with van der Waals surface area (Å²) in [5.74, 6) is -0.0899. The Balaban J connectivity index is 1.46. The van der Waals surface area contributed by atoms with Crippen molar-refractivity contribution in [2.75, 3.05) is 39.1 Å². The normalized spacial score (nSPS) is 24.6. The van der Waals surface area contributed by atoms with E-state index >= 15 is 0 Å². The molecular formula is C24H34N8O5. The van der Waals surface area contributed by atoms with Crippen molar-refractivity contribution in [2.45, 2.75) is 49.8 Å². The van der Waals surface area contributed by atoms with Gasteiger partial charge < -0.3 is 40.2 Å². The van der Waals surface area contributed by atoms with Crippen LogP contribution < -0.4 is 11.1 Å². The highest BCUT2D eigenvalue weighted by Gasteiger charge is 2.49. The molecule has 37 heavy (non-hydrogen) atoms. The van der Waals surface area contributed by atoms with Crippen LogP contribution in [0.2, 0.25) is 0 Å². The van der Waals surface area contributed by atoms with Crippen LogP contribution in [0.1, 0.15) is 25.5 Å². The number of carbonyl (C=O) groups is 1. The van der Waals surface area contributed by atoms with Gasteiger partial charge in [0.05, 0.1) is 11.1 Å². The van der Waals surface area contributed by atoms with E-state index in [1.807, 2.05) is 6.07 Å². The maximum absolute atomic E-state index is 13.7. The first kappa shape index (κ1) is 25.5. The lowest BCUT2D eigenvalue weighted by molar-refractivity contribution is -0.151. The Hall–Kier alpha value is -3.10. The minimum Gasteiger partial charge on any atom is -0.387 e. The molecular weight excluding hydrogens is 480 g/mol. The van der Waals surface area contributed by atoms with Gasteiger partial charge in [0.15, 0.2) is 12.3 Å². The van der Waals surface area contributed by atoms with E-state index in [4.69, 9.17) is 15.2 Å². The van der Waals surface area contributed by atoms with Crippen molar-refractivity contribution in [3.8, 4) is 11.3 Å². The molecule has 0 aliphatic carbocycles. The molecule has 4 atom stereocenters. The highest BCUT2D eigenvalue weighted by atomic mass is 16.6. The molecule has 0 spiro atoms. The molecule has 5 rings (SSSR count). The fourth-order valence-electron chi connectivity index (χ4n) is 5.28. The van der Waals surface area contributed by atoms with Gasteiger partial charge >= 0.3 is 0 Å². The SMILES string of the molecule is COCCCN(C(=O)[C@H]1O[C@@H](n2cc(-c3ccn(C)n3)c3c(N)ncnc32)[C@H](O)[C@@H]1O)C1CCNCC1. The second-order valence-corrected chi connectivity index (χ2v) is 9.57. The van der Waals surface area contributed by atoms with Gasteiger partial charge in [0.25, 0.3) is 5.91 Å². The lowest BCUT2D eigenvalue weighted by atomic mass is 10.0. The number of anilines is 1. The molecule has 2 aliphatic heterocycles. The van der Waals surface area contributed by atoms with Crippen LogP contribution >= 0.6 is 0 Å². The fourth-order valence-corrected chi connectivity index (χ4v) is 5.28. The van der Waals surface area contributed by atoms with Crippen molar-refractivity contribution in [3.63, 3.8) is 0 Å². The van der Waals surface area contributed by atoms with Gasteiger partial charge in [0.2, 0.25) is 0 Å². The summed E-state index contributed by atoms with van der Waals surface area (Å²) < 4.78 is 14.6. The topological polar surface area (TPSA) is 166 Å². The zero-order valence-electron chi connectivity index (χ0n) is 21.0. The number of fused-ring (bicyclic) bond motifs is 1. The van der Waals surface area contributed by atoms with Crippen LogP contribution in [0.3, 0.4) is 0 Å². The number of nitrogens with one attached hydrogen (secondary N) is 1. The second-order valence-electron chi connectivity index (χ2n) is 9.57. The number of aryl methyl sites for hydroxylation is 1. The van der Waals surface area contributed by atoms with Gasteiger partial charge in [0, 0.05) is 51.3 Å². The minimum atomic E-state index is -1.42. The van der Waals surface area contributed by atoms with Crippen molar-refractivity contribution in [2.24, 2.45) is 7.05 Å². The Morgan fingerprint density at radius 1 is 1.30 bits per heavy atom. The fraction of sp³-hybridized carbons (Fsp3) is 0.583. The molecule has 5 N–H and O–H groups in total. The van der Waals surface area contributed by atoms with Gasteiger partial charge in [-0.3, -0.25) is 9.48 Å². The summed E-state index contributed by atoms with van der Waals surface area (Å²) in [5.41, 5.74) is 7.91. The van der Waals surface area contributed by atoms with E-state index in [-0.39, 0.29) is 17.8 Å². The first-order valence-corrected chi connectivity index (χ1v) is 12.5. The average Bonchev–Trinajstić information content (AvgIpc) is 3.58. The van der Waals surface area contributed by atoms with E-state index in [0.29, 0.717) is 41.9 Å². The zero-order chi connectivity index (χ0) is 26.1. The van der Waals surface area contributed by atoms with Crippen LogP contribution in [-0.2, 0) is 21.3 Å². The summed E-state index contributed by atoms with van der Waals surface area (Å²) >= 11 is 0. The number of piperidine rings is 1. The summed E-state index contributed by atoms with van der Waals surface area (Å²) in [6.45, 7) is 2.61. The molecule has 2 fully saturated rings. The Morgan fingerprint density at radius 3 is 2.78 bits per heavy atom. The molecule has 2 saturated heterocycles. The maximum Gasteiger partial charge on any atom is 0.254 e. The summed E-state index contributed by atoms with van der Waals surface area (Å²) in [4.78, 5) is 24.0. The maximum atomic E-state index is 13.7. The largest absolute Gasteiger partial charge is 0.387 e. The van der Waals surface area contributed by atoms with Crippen molar-refractivity contribution in [1.82, 2.24) is 34.5 Å². The van der Waals surface area contributed by atoms with E-state index in [9.17, 15) is 15.0 Å². The highest BCUT2D eigenvalue weighted by molar-refractivity contribution is 5.99. The van der Waals surface area contributed by atoms with Crippen molar-refractivity contribution in [1.29, 1.82) is 0 Å². The van der Waals surface area contributed by atoms with Crippen LogP contribution in [-0.4, -0.2) is 103 Å². The minimum absolute atomic E-state index is 0.0216. The molecule has 0 aromatic carbocycles. The molecule has 2 aliphatic rings. The Bertz CT molecular complexity index is 1240. The summed E-state index contributed by atoms with van der Waals surface area (Å²) in [7, 11) is 3.43. The predicted molar refractivity (Wildman–Crippen MR) is 134 cm³/mol. The molecule has 0 unspecified atom stereocenters. The Kier molecular flexibility index (Phi) is 7.40.